The third-order valence-corrected chi connectivity index (χ3v) is 1.13. The highest BCUT2D eigenvalue weighted by molar-refractivity contribution is 5.13. The van der Waals surface area contributed by atoms with Crippen molar-refractivity contribution in [1.82, 2.24) is 0 Å². The monoisotopic (exact) mass is 156 g/mol. The lowest BCUT2D eigenvalue weighted by atomic mass is 10.1. The Morgan fingerprint density at radius 3 is 2.36 bits per heavy atom. The van der Waals surface area contributed by atoms with Gasteiger partial charge in [0.2, 0.25) is 0 Å². The summed E-state index contributed by atoms with van der Waals surface area (Å²) >= 11 is 0. The van der Waals surface area contributed by atoms with Crippen molar-refractivity contribution >= 4 is 0 Å². The molecule has 0 saturated carbocycles. The molecule has 0 fully saturated rings. The van der Waals surface area contributed by atoms with Crippen LogP contribution in [0.2, 0.25) is 0 Å². The van der Waals surface area contributed by atoms with Gasteiger partial charge in [-0.05, 0) is 26.3 Å². The number of hydrogen-bond donors (Lipinski definition) is 2. The molecule has 0 atom stereocenters. The van der Waals surface area contributed by atoms with Gasteiger partial charge in [0.25, 0.3) is 0 Å². The van der Waals surface area contributed by atoms with Crippen molar-refractivity contribution in [3.8, 4) is 0 Å². The molecule has 0 saturated heterocycles. The molecule has 0 aliphatic rings. The van der Waals surface area contributed by atoms with Gasteiger partial charge in [0, 0.05) is 0 Å². The Morgan fingerprint density at radius 2 is 2.00 bits per heavy atom. The summed E-state index contributed by atoms with van der Waals surface area (Å²) in [6, 6.07) is 0. The van der Waals surface area contributed by atoms with Gasteiger partial charge in [-0.1, -0.05) is 18.2 Å². The van der Waals surface area contributed by atoms with Crippen molar-refractivity contribution in [2.75, 3.05) is 6.61 Å². The molecule has 2 nitrogen and oxygen atoms in total. The minimum Gasteiger partial charge on any atom is -0.392 e. The zero-order valence-electron chi connectivity index (χ0n) is 7.33. The Morgan fingerprint density at radius 1 is 1.45 bits per heavy atom. The highest BCUT2D eigenvalue weighted by atomic mass is 16.3. The Hall–Kier alpha value is -0.600. The Kier molecular flexibility index (Phi) is 4.08. The van der Waals surface area contributed by atoms with Crippen molar-refractivity contribution in [2.45, 2.75) is 26.4 Å². The number of allylic oxidation sites excluding steroid dienone is 2. The van der Waals surface area contributed by atoms with E-state index in [9.17, 15) is 5.11 Å². The van der Waals surface area contributed by atoms with Crippen LogP contribution in [0.1, 0.15) is 20.8 Å². The first-order chi connectivity index (χ1) is 4.95. The zero-order valence-corrected chi connectivity index (χ0v) is 7.33. The van der Waals surface area contributed by atoms with Gasteiger partial charge in [0.05, 0.1) is 12.2 Å². The smallest absolute Gasteiger partial charge is 0.0774 e. The zero-order chi connectivity index (χ0) is 8.91. The molecule has 0 radical (unpaired) electrons. The summed E-state index contributed by atoms with van der Waals surface area (Å²) in [5.74, 6) is 0. The molecule has 0 aliphatic carbocycles. The van der Waals surface area contributed by atoms with Crippen LogP contribution < -0.4 is 0 Å². The molecule has 0 rings (SSSR count). The van der Waals surface area contributed by atoms with Gasteiger partial charge < -0.3 is 10.2 Å². The fraction of sp³-hybridized carbons (Fsp3) is 0.556. The van der Waals surface area contributed by atoms with Crippen LogP contribution in [0.25, 0.3) is 0 Å². The van der Waals surface area contributed by atoms with E-state index in [-0.39, 0.29) is 6.61 Å². The third-order valence-electron chi connectivity index (χ3n) is 1.13. The number of hydrogen-bond acceptors (Lipinski definition) is 2. The van der Waals surface area contributed by atoms with E-state index in [1.54, 1.807) is 32.1 Å². The minimum absolute atomic E-state index is 0.0657. The molecule has 0 aliphatic heterocycles. The van der Waals surface area contributed by atoms with Gasteiger partial charge in [0.15, 0.2) is 0 Å². The topological polar surface area (TPSA) is 40.5 Å². The molecule has 0 amide bonds. The van der Waals surface area contributed by atoms with E-state index in [1.807, 2.05) is 6.92 Å². The average molecular weight is 156 g/mol. The van der Waals surface area contributed by atoms with E-state index in [0.717, 1.165) is 5.57 Å². The summed E-state index contributed by atoms with van der Waals surface area (Å²) in [4.78, 5) is 0. The molecule has 0 aromatic carbocycles. The summed E-state index contributed by atoms with van der Waals surface area (Å²) in [6.45, 7) is 5.29. The summed E-state index contributed by atoms with van der Waals surface area (Å²) in [7, 11) is 0. The molecular weight excluding hydrogens is 140 g/mol. The van der Waals surface area contributed by atoms with Gasteiger partial charge >= 0.3 is 0 Å². The highest BCUT2D eigenvalue weighted by Crippen LogP contribution is 2.02. The maximum absolute atomic E-state index is 9.22. The van der Waals surface area contributed by atoms with Crippen molar-refractivity contribution in [3.05, 3.63) is 23.8 Å². The van der Waals surface area contributed by atoms with Gasteiger partial charge in [-0.2, -0.15) is 0 Å². The molecule has 64 valence electrons. The molecule has 2 N–H and O–H groups in total. The van der Waals surface area contributed by atoms with Crippen LogP contribution in [-0.4, -0.2) is 22.4 Å². The van der Waals surface area contributed by atoms with Crippen LogP contribution >= 0.6 is 0 Å². The van der Waals surface area contributed by atoms with E-state index in [1.165, 1.54) is 0 Å². The average Bonchev–Trinajstić information content (AvgIpc) is 1.85. The predicted octanol–water partition coefficient (Wildman–Crippen LogP) is 1.25. The molecule has 0 spiro atoms. The predicted molar refractivity (Wildman–Crippen MR) is 46.3 cm³/mol. The lowest BCUT2D eigenvalue weighted by Crippen LogP contribution is -2.13. The quantitative estimate of drug-likeness (QED) is 0.604. The maximum Gasteiger partial charge on any atom is 0.0774 e. The molecule has 0 bridgehead atoms. The molecule has 2 heteroatoms. The van der Waals surface area contributed by atoms with Crippen molar-refractivity contribution < 1.29 is 10.2 Å². The van der Waals surface area contributed by atoms with Crippen molar-refractivity contribution in [3.63, 3.8) is 0 Å². The number of aliphatic hydroxyl groups excluding tert-OH is 1. The van der Waals surface area contributed by atoms with E-state index < -0.39 is 5.60 Å². The SMILES string of the molecule is C/C(=C\C=C/C(C)(C)O)CO. The molecule has 0 aromatic heterocycles. The molecule has 0 heterocycles. The van der Waals surface area contributed by atoms with Gasteiger partial charge in [0.1, 0.15) is 0 Å². The largest absolute Gasteiger partial charge is 0.392 e. The summed E-state index contributed by atoms with van der Waals surface area (Å²) in [6.07, 6.45) is 5.19. The maximum atomic E-state index is 9.22. The first-order valence-electron chi connectivity index (χ1n) is 3.64. The van der Waals surface area contributed by atoms with E-state index in [2.05, 4.69) is 0 Å². The van der Waals surface area contributed by atoms with Crippen LogP contribution in [-0.2, 0) is 0 Å². The summed E-state index contributed by atoms with van der Waals surface area (Å²) in [5.41, 5.74) is 0.109. The van der Waals surface area contributed by atoms with E-state index in [0.29, 0.717) is 0 Å². The van der Waals surface area contributed by atoms with Crippen LogP contribution in [0.5, 0.6) is 0 Å². The normalized spacial score (nSPS) is 14.5. The number of aliphatic hydroxyl groups is 2. The molecule has 0 aromatic rings. The lowest BCUT2D eigenvalue weighted by molar-refractivity contribution is 0.133. The van der Waals surface area contributed by atoms with Crippen LogP contribution in [0.3, 0.4) is 0 Å². The lowest BCUT2D eigenvalue weighted by Gasteiger charge is -2.09. The van der Waals surface area contributed by atoms with E-state index >= 15 is 0 Å². The van der Waals surface area contributed by atoms with Crippen LogP contribution in [0, 0.1) is 0 Å². The van der Waals surface area contributed by atoms with Crippen molar-refractivity contribution in [1.29, 1.82) is 0 Å². The van der Waals surface area contributed by atoms with Crippen LogP contribution in [0.4, 0.5) is 0 Å². The van der Waals surface area contributed by atoms with Gasteiger partial charge in [-0.15, -0.1) is 0 Å². The van der Waals surface area contributed by atoms with Gasteiger partial charge in [-0.25, -0.2) is 0 Å². The highest BCUT2D eigenvalue weighted by Gasteiger charge is 2.04. The standard InChI is InChI=1S/C9H16O2/c1-8(7-10)5-4-6-9(2,3)11/h4-6,10-11H,7H2,1-3H3/b6-4-,8-5+. The Bertz CT molecular complexity index is 161. The fourth-order valence-electron chi connectivity index (χ4n) is 0.501. The fourth-order valence-corrected chi connectivity index (χ4v) is 0.501. The van der Waals surface area contributed by atoms with E-state index in [4.69, 9.17) is 5.11 Å². The number of rotatable bonds is 3. The minimum atomic E-state index is -0.772. The summed E-state index contributed by atoms with van der Waals surface area (Å²) in [5, 5.41) is 17.8. The molecule has 0 unspecified atom stereocenters. The first-order valence-corrected chi connectivity index (χ1v) is 3.64. The Labute approximate surface area is 67.9 Å². The second-order valence-corrected chi connectivity index (χ2v) is 3.18. The second kappa shape index (κ2) is 4.31. The molecular formula is C9H16O2. The second-order valence-electron chi connectivity index (χ2n) is 3.18. The summed E-state index contributed by atoms with van der Waals surface area (Å²) < 4.78 is 0. The third kappa shape index (κ3) is 7.30. The van der Waals surface area contributed by atoms with Crippen molar-refractivity contribution in [2.24, 2.45) is 0 Å². The van der Waals surface area contributed by atoms with Crippen LogP contribution in [0.15, 0.2) is 23.8 Å². The molecule has 11 heavy (non-hydrogen) atoms. The first kappa shape index (κ1) is 10.4. The Balaban J connectivity index is 3.96. The van der Waals surface area contributed by atoms with Gasteiger partial charge in [-0.3, -0.25) is 0 Å².